The number of allylic oxidation sites excluding steroid dienone is 1. The zero-order chi connectivity index (χ0) is 27.4. The van der Waals surface area contributed by atoms with E-state index in [0.717, 1.165) is 37.0 Å². The number of aliphatic hydroxyl groups excluding tert-OH is 1. The first-order valence-corrected chi connectivity index (χ1v) is 16.3. The van der Waals surface area contributed by atoms with Crippen molar-refractivity contribution < 1.29 is 9.90 Å². The lowest BCUT2D eigenvalue weighted by molar-refractivity contribution is -0.201. The summed E-state index contributed by atoms with van der Waals surface area (Å²) >= 11 is 1.56. The van der Waals surface area contributed by atoms with Crippen molar-refractivity contribution in [3.05, 3.63) is 34.0 Å². The highest BCUT2D eigenvalue weighted by Gasteiger charge is 2.68. The fourth-order valence-electron chi connectivity index (χ4n) is 11.2. The minimum Gasteiger partial charge on any atom is -0.393 e. The summed E-state index contributed by atoms with van der Waals surface area (Å²) in [5.74, 6) is 1.78. The first-order valence-electron chi connectivity index (χ1n) is 15.4. The van der Waals surface area contributed by atoms with Gasteiger partial charge in [-0.25, -0.2) is 0 Å². The van der Waals surface area contributed by atoms with Crippen LogP contribution >= 0.6 is 11.3 Å². The third-order valence-electron chi connectivity index (χ3n) is 13.7. The molecule has 0 unspecified atom stereocenters. The van der Waals surface area contributed by atoms with Gasteiger partial charge in [-0.1, -0.05) is 66.2 Å². The van der Waals surface area contributed by atoms with Crippen molar-refractivity contribution >= 4 is 17.2 Å². The maximum Gasteiger partial charge on any atom is 0.261 e. The molecule has 3 nitrogen and oxygen atoms in total. The first-order chi connectivity index (χ1) is 17.7. The molecule has 4 saturated carbocycles. The molecule has 5 aliphatic rings. The predicted molar refractivity (Wildman–Crippen MR) is 157 cm³/mol. The van der Waals surface area contributed by atoms with Gasteiger partial charge in [-0.2, -0.15) is 0 Å². The lowest BCUT2D eigenvalue weighted by Crippen LogP contribution is -2.67. The van der Waals surface area contributed by atoms with Gasteiger partial charge in [0.25, 0.3) is 5.91 Å². The largest absolute Gasteiger partial charge is 0.393 e. The molecule has 0 spiro atoms. The molecule has 4 heteroatoms. The fourth-order valence-corrected chi connectivity index (χ4v) is 11.8. The van der Waals surface area contributed by atoms with Crippen LogP contribution in [0.5, 0.6) is 0 Å². The summed E-state index contributed by atoms with van der Waals surface area (Å²) in [5.41, 5.74) is 2.54. The van der Waals surface area contributed by atoms with Gasteiger partial charge in [0, 0.05) is 11.5 Å². The molecule has 0 aromatic carbocycles. The minimum absolute atomic E-state index is 0.0135. The van der Waals surface area contributed by atoms with E-state index in [0.29, 0.717) is 23.2 Å². The summed E-state index contributed by atoms with van der Waals surface area (Å²) in [4.78, 5) is 14.3. The van der Waals surface area contributed by atoms with Crippen LogP contribution in [0.15, 0.2) is 29.2 Å². The van der Waals surface area contributed by atoms with Crippen molar-refractivity contribution in [2.75, 3.05) is 0 Å². The molecule has 6 rings (SSSR count). The highest BCUT2D eigenvalue weighted by Crippen LogP contribution is 2.74. The number of hydrogen-bond acceptors (Lipinski definition) is 3. The molecule has 1 heterocycles. The van der Waals surface area contributed by atoms with E-state index in [1.54, 1.807) is 16.9 Å². The molecule has 8 atom stereocenters. The van der Waals surface area contributed by atoms with Crippen LogP contribution in [0.4, 0.5) is 0 Å². The third kappa shape index (κ3) is 3.57. The van der Waals surface area contributed by atoms with Gasteiger partial charge in [-0.15, -0.1) is 11.3 Å². The molecule has 0 radical (unpaired) electrons. The number of fused-ring (bicyclic) bond motifs is 7. The average molecular weight is 538 g/mol. The number of aliphatic hydroxyl groups is 1. The van der Waals surface area contributed by atoms with Crippen LogP contribution in [-0.2, 0) is 0 Å². The molecule has 2 N–H and O–H groups in total. The molecule has 4 fully saturated rings. The van der Waals surface area contributed by atoms with Gasteiger partial charge in [0.05, 0.1) is 11.0 Å². The Balaban J connectivity index is 1.40. The summed E-state index contributed by atoms with van der Waals surface area (Å²) in [7, 11) is 0. The minimum atomic E-state index is -0.179. The highest BCUT2D eigenvalue weighted by molar-refractivity contribution is 7.12. The summed E-state index contributed by atoms with van der Waals surface area (Å²) in [6, 6.07) is 3.96. The van der Waals surface area contributed by atoms with E-state index in [-0.39, 0.29) is 39.2 Å². The van der Waals surface area contributed by atoms with E-state index in [1.807, 2.05) is 17.5 Å². The van der Waals surface area contributed by atoms with E-state index < -0.39 is 0 Å². The smallest absolute Gasteiger partial charge is 0.261 e. The van der Waals surface area contributed by atoms with Gasteiger partial charge in [0.2, 0.25) is 0 Å². The van der Waals surface area contributed by atoms with E-state index >= 15 is 0 Å². The van der Waals surface area contributed by atoms with Gasteiger partial charge in [-0.05, 0) is 115 Å². The Morgan fingerprint density at radius 2 is 1.68 bits per heavy atom. The van der Waals surface area contributed by atoms with Crippen LogP contribution in [0.2, 0.25) is 0 Å². The van der Waals surface area contributed by atoms with Gasteiger partial charge >= 0.3 is 0 Å². The van der Waals surface area contributed by atoms with Crippen LogP contribution in [0, 0.1) is 44.8 Å². The summed E-state index contributed by atoms with van der Waals surface area (Å²) in [6.07, 6.45) is 13.9. The Morgan fingerprint density at radius 1 is 0.947 bits per heavy atom. The van der Waals surface area contributed by atoms with E-state index in [1.165, 1.54) is 32.1 Å². The lowest BCUT2D eigenvalue weighted by Gasteiger charge is -2.71. The quantitative estimate of drug-likeness (QED) is 0.372. The predicted octanol–water partition coefficient (Wildman–Crippen LogP) is 8.39. The number of hydrogen-bond donors (Lipinski definition) is 2. The summed E-state index contributed by atoms with van der Waals surface area (Å²) in [6.45, 7) is 17.4. The molecule has 1 aromatic rings. The molecule has 0 saturated heterocycles. The van der Waals surface area contributed by atoms with Gasteiger partial charge in [0.1, 0.15) is 0 Å². The molecular weight excluding hydrogens is 486 g/mol. The summed E-state index contributed by atoms with van der Waals surface area (Å²) < 4.78 is 0. The second-order valence-corrected chi connectivity index (χ2v) is 17.1. The number of thiophene rings is 1. The molecular formula is C34H51NO2S. The number of nitrogens with one attached hydrogen (secondary N) is 1. The molecule has 1 amide bonds. The van der Waals surface area contributed by atoms with Gasteiger partial charge < -0.3 is 10.4 Å². The zero-order valence-corrected chi connectivity index (χ0v) is 25.8. The van der Waals surface area contributed by atoms with Crippen LogP contribution in [0.25, 0.3) is 0 Å². The third-order valence-corrected chi connectivity index (χ3v) is 14.6. The van der Waals surface area contributed by atoms with E-state index in [9.17, 15) is 9.90 Å². The van der Waals surface area contributed by atoms with Crippen molar-refractivity contribution in [3.63, 3.8) is 0 Å². The Hall–Kier alpha value is -1.13. The standard InChI is InChI=1S/C34H51NO2S/c1-29(2)16-18-34(35-28(37)24-9-8-20-38-24)19-17-32(6)22(23(34)21-29)10-11-26-31(5)14-13-27(36)30(3,4)25(31)12-15-33(26,32)7/h8-10,20,23,25-27,36H,11-19,21H2,1-7H3,(H,35,37)/t23-,25-,26+,27-,31-,32+,33+,34-/m0/s1. The Labute approximate surface area is 235 Å². The first kappa shape index (κ1) is 27.1. The maximum absolute atomic E-state index is 13.5. The zero-order valence-electron chi connectivity index (χ0n) is 25.0. The molecule has 38 heavy (non-hydrogen) atoms. The molecule has 210 valence electrons. The number of amides is 1. The lowest BCUT2D eigenvalue weighted by atomic mass is 9.34. The topological polar surface area (TPSA) is 49.3 Å². The van der Waals surface area contributed by atoms with E-state index in [2.05, 4.69) is 59.9 Å². The highest BCUT2D eigenvalue weighted by atomic mass is 32.1. The van der Waals surface area contributed by atoms with Crippen molar-refractivity contribution in [2.24, 2.45) is 44.8 Å². The molecule has 5 aliphatic carbocycles. The van der Waals surface area contributed by atoms with Crippen molar-refractivity contribution in [1.82, 2.24) is 5.32 Å². The number of carbonyl (C=O) groups is 1. The maximum atomic E-state index is 13.5. The Kier molecular flexibility index (Phi) is 6.01. The second kappa shape index (κ2) is 8.44. The molecule has 0 aliphatic heterocycles. The van der Waals surface area contributed by atoms with Gasteiger partial charge in [0.15, 0.2) is 0 Å². The number of rotatable bonds is 2. The second-order valence-electron chi connectivity index (χ2n) is 16.2. The average Bonchev–Trinajstić information content (AvgIpc) is 3.38. The number of carbonyl (C=O) groups excluding carboxylic acids is 1. The summed E-state index contributed by atoms with van der Waals surface area (Å²) in [5, 5.41) is 16.7. The van der Waals surface area contributed by atoms with E-state index in [4.69, 9.17) is 0 Å². The Bertz CT molecular complexity index is 1140. The van der Waals surface area contributed by atoms with Crippen LogP contribution in [0.1, 0.15) is 122 Å². The van der Waals surface area contributed by atoms with Crippen molar-refractivity contribution in [2.45, 2.75) is 124 Å². The fraction of sp³-hybridized carbons (Fsp3) is 0.794. The molecule has 0 bridgehead atoms. The van der Waals surface area contributed by atoms with Crippen molar-refractivity contribution in [1.29, 1.82) is 0 Å². The monoisotopic (exact) mass is 537 g/mol. The molecule has 1 aromatic heterocycles. The normalized spacial score (nSPS) is 47.0. The van der Waals surface area contributed by atoms with Crippen LogP contribution < -0.4 is 5.32 Å². The Morgan fingerprint density at radius 3 is 2.39 bits per heavy atom. The van der Waals surface area contributed by atoms with Gasteiger partial charge in [-0.3, -0.25) is 4.79 Å². The SMILES string of the molecule is CC1(C)CC[C@]2(NC(=O)c3cccs3)CC[C@]3(C)C(=CC[C@@H]4[C@@]5(C)CC[C@H](O)C(C)(C)[C@@H]5CC[C@]43C)[C@@H]2C1. The van der Waals surface area contributed by atoms with Crippen LogP contribution in [-0.4, -0.2) is 22.7 Å². The van der Waals surface area contributed by atoms with Crippen molar-refractivity contribution in [3.8, 4) is 0 Å². The van der Waals surface area contributed by atoms with Crippen LogP contribution in [0.3, 0.4) is 0 Å².